The van der Waals surface area contributed by atoms with Gasteiger partial charge >= 0.3 is 0 Å². The number of halogens is 1. The highest BCUT2D eigenvalue weighted by molar-refractivity contribution is 9.10. The van der Waals surface area contributed by atoms with Crippen molar-refractivity contribution < 1.29 is 14.3 Å². The first-order valence-electron chi connectivity index (χ1n) is 7.67. The normalized spacial score (nSPS) is 10.0. The molecule has 0 aliphatic heterocycles. The summed E-state index contributed by atoms with van der Waals surface area (Å²) in [5.41, 5.74) is 2.04. The predicted octanol–water partition coefficient (Wildman–Crippen LogP) is 3.55. The maximum Gasteiger partial charge on any atom is 0.251 e. The number of benzene rings is 2. The van der Waals surface area contributed by atoms with E-state index in [4.69, 9.17) is 4.74 Å². The van der Waals surface area contributed by atoms with Gasteiger partial charge in [-0.2, -0.15) is 0 Å². The van der Waals surface area contributed by atoms with Crippen molar-refractivity contribution in [3.05, 3.63) is 70.7 Å². The molecular weight excluding hydrogens is 384 g/mol. The van der Waals surface area contributed by atoms with E-state index in [1.807, 2.05) is 18.2 Å². The van der Waals surface area contributed by atoms with Crippen molar-refractivity contribution in [1.29, 1.82) is 0 Å². The summed E-state index contributed by atoms with van der Waals surface area (Å²) in [4.78, 5) is 23.6. The summed E-state index contributed by atoms with van der Waals surface area (Å²) in [7, 11) is 1.62. The highest BCUT2D eigenvalue weighted by atomic mass is 79.9. The Labute approximate surface area is 155 Å². The van der Waals surface area contributed by atoms with Gasteiger partial charge in [0.05, 0.1) is 7.11 Å². The van der Waals surface area contributed by atoms with Crippen LogP contribution in [0.25, 0.3) is 0 Å². The molecule has 2 amide bonds. The Hall–Kier alpha value is -2.60. The summed E-state index contributed by atoms with van der Waals surface area (Å²) in [6, 6.07) is 12.5. The van der Waals surface area contributed by atoms with Crippen molar-refractivity contribution >= 4 is 33.4 Å². The SMILES string of the molecule is C=CC(=O)Nc1cccc(C(=O)NCCc2ccc(Br)cc2OC)c1. The van der Waals surface area contributed by atoms with Crippen molar-refractivity contribution in [3.63, 3.8) is 0 Å². The zero-order valence-electron chi connectivity index (χ0n) is 13.8. The molecule has 0 saturated heterocycles. The van der Waals surface area contributed by atoms with Gasteiger partial charge in [-0.05, 0) is 48.4 Å². The van der Waals surface area contributed by atoms with E-state index in [0.717, 1.165) is 15.8 Å². The summed E-state index contributed by atoms with van der Waals surface area (Å²) >= 11 is 3.40. The van der Waals surface area contributed by atoms with Crippen LogP contribution in [0.5, 0.6) is 5.75 Å². The van der Waals surface area contributed by atoms with Crippen molar-refractivity contribution in [2.45, 2.75) is 6.42 Å². The summed E-state index contributed by atoms with van der Waals surface area (Å²) in [5.74, 6) is 0.253. The summed E-state index contributed by atoms with van der Waals surface area (Å²) < 4.78 is 6.28. The number of hydrogen-bond acceptors (Lipinski definition) is 3. The van der Waals surface area contributed by atoms with Gasteiger partial charge in [-0.1, -0.05) is 34.6 Å². The molecule has 2 rings (SSSR count). The molecule has 0 aromatic heterocycles. The number of carbonyl (C=O) groups excluding carboxylic acids is 2. The monoisotopic (exact) mass is 402 g/mol. The molecule has 0 radical (unpaired) electrons. The molecule has 2 aromatic rings. The van der Waals surface area contributed by atoms with E-state index in [1.54, 1.807) is 31.4 Å². The molecule has 0 aliphatic carbocycles. The van der Waals surface area contributed by atoms with Gasteiger partial charge in [0.1, 0.15) is 5.75 Å². The number of hydrogen-bond donors (Lipinski definition) is 2. The first-order valence-corrected chi connectivity index (χ1v) is 8.47. The molecule has 0 fully saturated rings. The van der Waals surface area contributed by atoms with Crippen molar-refractivity contribution in [2.24, 2.45) is 0 Å². The standard InChI is InChI=1S/C19H19BrN2O3/c1-3-18(23)22-16-6-4-5-14(11-16)19(24)21-10-9-13-7-8-15(20)12-17(13)25-2/h3-8,11-12H,1,9-10H2,2H3,(H,21,24)(H,22,23). The van der Waals surface area contributed by atoms with Crippen LogP contribution >= 0.6 is 15.9 Å². The van der Waals surface area contributed by atoms with Crippen LogP contribution in [0.4, 0.5) is 5.69 Å². The van der Waals surface area contributed by atoms with Gasteiger partial charge in [0.25, 0.3) is 5.91 Å². The Morgan fingerprint density at radius 3 is 2.76 bits per heavy atom. The third-order valence-electron chi connectivity index (χ3n) is 3.51. The Morgan fingerprint density at radius 2 is 2.04 bits per heavy atom. The number of nitrogens with one attached hydrogen (secondary N) is 2. The fourth-order valence-corrected chi connectivity index (χ4v) is 2.61. The number of amides is 2. The molecule has 0 unspecified atom stereocenters. The second kappa shape index (κ2) is 9.03. The van der Waals surface area contributed by atoms with E-state index in [0.29, 0.717) is 24.2 Å². The lowest BCUT2D eigenvalue weighted by Gasteiger charge is -2.10. The van der Waals surface area contributed by atoms with Gasteiger partial charge in [0.15, 0.2) is 0 Å². The Bertz CT molecular complexity index is 790. The molecule has 0 atom stereocenters. The van der Waals surface area contributed by atoms with Crippen molar-refractivity contribution in [2.75, 3.05) is 19.0 Å². The van der Waals surface area contributed by atoms with Crippen LogP contribution in [0.3, 0.4) is 0 Å². The van der Waals surface area contributed by atoms with Crippen molar-refractivity contribution in [3.8, 4) is 5.75 Å². The number of rotatable bonds is 7. The number of methoxy groups -OCH3 is 1. The summed E-state index contributed by atoms with van der Waals surface area (Å²) in [5, 5.41) is 5.50. The largest absolute Gasteiger partial charge is 0.496 e. The average Bonchev–Trinajstić information content (AvgIpc) is 2.62. The Balaban J connectivity index is 1.95. The maximum atomic E-state index is 12.3. The van der Waals surface area contributed by atoms with E-state index >= 15 is 0 Å². The summed E-state index contributed by atoms with van der Waals surface area (Å²) in [6.07, 6.45) is 1.83. The summed E-state index contributed by atoms with van der Waals surface area (Å²) in [6.45, 7) is 3.87. The lowest BCUT2D eigenvalue weighted by molar-refractivity contribution is -0.111. The molecule has 0 spiro atoms. The van der Waals surface area contributed by atoms with Gasteiger partial charge in [0, 0.05) is 22.3 Å². The third kappa shape index (κ3) is 5.46. The maximum absolute atomic E-state index is 12.3. The molecule has 5 nitrogen and oxygen atoms in total. The second-order valence-electron chi connectivity index (χ2n) is 5.24. The minimum Gasteiger partial charge on any atom is -0.496 e. The van der Waals surface area contributed by atoms with Gasteiger partial charge in [-0.15, -0.1) is 0 Å². The molecule has 2 N–H and O–H groups in total. The Kier molecular flexibility index (Phi) is 6.77. The van der Waals surface area contributed by atoms with E-state index in [2.05, 4.69) is 33.1 Å². The fourth-order valence-electron chi connectivity index (χ4n) is 2.27. The third-order valence-corrected chi connectivity index (χ3v) is 4.00. The fraction of sp³-hybridized carbons (Fsp3) is 0.158. The van der Waals surface area contributed by atoms with E-state index in [1.165, 1.54) is 6.08 Å². The average molecular weight is 403 g/mol. The number of carbonyl (C=O) groups is 2. The lowest BCUT2D eigenvalue weighted by atomic mass is 10.1. The van der Waals surface area contributed by atoms with Crippen LogP contribution in [0.1, 0.15) is 15.9 Å². The van der Waals surface area contributed by atoms with Crippen LogP contribution in [0.15, 0.2) is 59.6 Å². The van der Waals surface area contributed by atoms with Crippen LogP contribution < -0.4 is 15.4 Å². The zero-order valence-corrected chi connectivity index (χ0v) is 15.4. The molecule has 6 heteroatoms. The quantitative estimate of drug-likeness (QED) is 0.695. The minimum atomic E-state index is -0.320. The van der Waals surface area contributed by atoms with E-state index in [9.17, 15) is 9.59 Å². The van der Waals surface area contributed by atoms with E-state index < -0.39 is 0 Å². The van der Waals surface area contributed by atoms with Crippen molar-refractivity contribution in [1.82, 2.24) is 5.32 Å². The highest BCUT2D eigenvalue weighted by Gasteiger charge is 2.08. The van der Waals surface area contributed by atoms with Gasteiger partial charge < -0.3 is 15.4 Å². The molecule has 0 bridgehead atoms. The molecule has 130 valence electrons. The molecule has 0 saturated carbocycles. The highest BCUT2D eigenvalue weighted by Crippen LogP contribution is 2.23. The number of ether oxygens (including phenoxy) is 1. The topological polar surface area (TPSA) is 67.4 Å². The zero-order chi connectivity index (χ0) is 18.2. The molecule has 25 heavy (non-hydrogen) atoms. The van der Waals surface area contributed by atoms with Gasteiger partial charge in [0.2, 0.25) is 5.91 Å². The smallest absolute Gasteiger partial charge is 0.251 e. The molecule has 0 aliphatic rings. The molecule has 2 aromatic carbocycles. The number of anilines is 1. The molecular formula is C19H19BrN2O3. The van der Waals surface area contributed by atoms with Crippen LogP contribution in [0.2, 0.25) is 0 Å². The van der Waals surface area contributed by atoms with Crippen LogP contribution in [-0.2, 0) is 11.2 Å². The van der Waals surface area contributed by atoms with Crippen LogP contribution in [0, 0.1) is 0 Å². The first kappa shape index (κ1) is 18.7. The second-order valence-corrected chi connectivity index (χ2v) is 6.15. The van der Waals surface area contributed by atoms with Crippen LogP contribution in [-0.4, -0.2) is 25.5 Å². The predicted molar refractivity (Wildman–Crippen MR) is 102 cm³/mol. The minimum absolute atomic E-state index is 0.203. The lowest BCUT2D eigenvalue weighted by Crippen LogP contribution is -2.26. The van der Waals surface area contributed by atoms with Gasteiger partial charge in [-0.25, -0.2) is 0 Å². The molecule has 0 heterocycles. The van der Waals surface area contributed by atoms with Gasteiger partial charge in [-0.3, -0.25) is 9.59 Å². The first-order chi connectivity index (χ1) is 12.0. The Morgan fingerprint density at radius 1 is 1.24 bits per heavy atom. The van der Waals surface area contributed by atoms with E-state index in [-0.39, 0.29) is 11.8 Å².